The highest BCUT2D eigenvalue weighted by Gasteiger charge is 2.13. The van der Waals surface area contributed by atoms with Gasteiger partial charge in [0.1, 0.15) is 23.9 Å². The van der Waals surface area contributed by atoms with Gasteiger partial charge in [0.15, 0.2) is 0 Å². The van der Waals surface area contributed by atoms with Crippen molar-refractivity contribution in [1.29, 1.82) is 0 Å². The van der Waals surface area contributed by atoms with E-state index in [2.05, 4.69) is 10.4 Å². The number of tetrazole rings is 1. The van der Waals surface area contributed by atoms with E-state index in [1.165, 1.54) is 42.5 Å². The Morgan fingerprint density at radius 3 is 2.45 bits per heavy atom. The van der Waals surface area contributed by atoms with Crippen LogP contribution >= 0.6 is 0 Å². The van der Waals surface area contributed by atoms with Gasteiger partial charge in [0, 0.05) is 0 Å². The number of halogens is 2. The first kappa shape index (κ1) is 13.9. The zero-order valence-electron chi connectivity index (χ0n) is 11.2. The molecule has 0 fully saturated rings. The molecule has 1 heterocycles. The number of nitrogens with zero attached hydrogens (tertiary/aromatic N) is 4. The van der Waals surface area contributed by atoms with Crippen LogP contribution in [0.5, 0.6) is 0 Å². The van der Waals surface area contributed by atoms with Crippen molar-refractivity contribution in [2.75, 3.05) is 0 Å². The molecule has 0 saturated heterocycles. The van der Waals surface area contributed by atoms with E-state index in [4.69, 9.17) is 4.84 Å². The number of benzene rings is 2. The first-order valence-corrected chi connectivity index (χ1v) is 6.33. The standard InChI is InChI=1S/C14H10F2N4O2/c15-11-7-5-10(6-8-11)9-22-20-14(21)19(17-18-20)13-4-2-1-3-12(13)16/h1-8H,9H2. The highest BCUT2D eigenvalue weighted by molar-refractivity contribution is 5.31. The van der Waals surface area contributed by atoms with Gasteiger partial charge in [0.2, 0.25) is 0 Å². The quantitative estimate of drug-likeness (QED) is 0.729. The van der Waals surface area contributed by atoms with Crippen molar-refractivity contribution in [2.24, 2.45) is 0 Å². The molecule has 0 aliphatic heterocycles. The Kier molecular flexibility index (Phi) is 3.65. The van der Waals surface area contributed by atoms with Gasteiger partial charge in [-0.3, -0.25) is 0 Å². The van der Waals surface area contributed by atoms with Crippen LogP contribution in [-0.2, 0) is 6.61 Å². The number of hydrogen-bond donors (Lipinski definition) is 0. The van der Waals surface area contributed by atoms with E-state index in [0.717, 1.165) is 4.68 Å². The third-order valence-corrected chi connectivity index (χ3v) is 2.90. The van der Waals surface area contributed by atoms with Crippen molar-refractivity contribution in [1.82, 2.24) is 20.0 Å². The summed E-state index contributed by atoms with van der Waals surface area (Å²) in [6.07, 6.45) is 0. The molecule has 8 heteroatoms. The summed E-state index contributed by atoms with van der Waals surface area (Å²) in [5, 5.41) is 7.09. The molecule has 0 unspecified atom stereocenters. The lowest BCUT2D eigenvalue weighted by molar-refractivity contribution is 0.0589. The van der Waals surface area contributed by atoms with Gasteiger partial charge in [-0.15, -0.1) is 0 Å². The van der Waals surface area contributed by atoms with Gasteiger partial charge in [-0.25, -0.2) is 13.6 Å². The monoisotopic (exact) mass is 304 g/mol. The maximum atomic E-state index is 13.6. The highest BCUT2D eigenvalue weighted by atomic mass is 19.1. The molecular weight excluding hydrogens is 294 g/mol. The topological polar surface area (TPSA) is 61.9 Å². The van der Waals surface area contributed by atoms with Crippen LogP contribution in [0.3, 0.4) is 0 Å². The minimum atomic E-state index is -0.743. The molecule has 3 aromatic rings. The molecule has 0 bridgehead atoms. The minimum Gasteiger partial charge on any atom is -0.386 e. The van der Waals surface area contributed by atoms with E-state index in [1.54, 1.807) is 6.07 Å². The molecule has 0 saturated carbocycles. The Hall–Kier alpha value is -3.03. The Labute approximate surface area is 123 Å². The van der Waals surface area contributed by atoms with Gasteiger partial charge in [0.25, 0.3) is 0 Å². The lowest BCUT2D eigenvalue weighted by Gasteiger charge is -2.02. The molecular formula is C14H10F2N4O2. The predicted octanol–water partition coefficient (Wildman–Crippen LogP) is 1.34. The second-order valence-corrected chi connectivity index (χ2v) is 4.40. The van der Waals surface area contributed by atoms with Gasteiger partial charge < -0.3 is 4.84 Å². The molecule has 0 radical (unpaired) electrons. The molecule has 0 aliphatic carbocycles. The van der Waals surface area contributed by atoms with Crippen molar-refractivity contribution in [3.05, 3.63) is 76.2 Å². The van der Waals surface area contributed by atoms with Crippen LogP contribution in [0.2, 0.25) is 0 Å². The predicted molar refractivity (Wildman–Crippen MR) is 72.3 cm³/mol. The molecule has 0 aliphatic rings. The number of aromatic nitrogens is 4. The lowest BCUT2D eigenvalue weighted by Crippen LogP contribution is -2.29. The van der Waals surface area contributed by atoms with E-state index >= 15 is 0 Å². The van der Waals surface area contributed by atoms with Crippen molar-refractivity contribution >= 4 is 0 Å². The minimum absolute atomic E-state index is 0.00382. The molecule has 0 N–H and O–H groups in total. The van der Waals surface area contributed by atoms with Crippen LogP contribution in [-0.4, -0.2) is 20.0 Å². The summed E-state index contributed by atoms with van der Waals surface area (Å²) in [7, 11) is 0. The summed E-state index contributed by atoms with van der Waals surface area (Å²) in [4.78, 5) is 17.9. The van der Waals surface area contributed by atoms with E-state index in [9.17, 15) is 13.6 Å². The summed E-state index contributed by atoms with van der Waals surface area (Å²) in [6, 6.07) is 11.3. The zero-order valence-corrected chi connectivity index (χ0v) is 11.2. The van der Waals surface area contributed by atoms with Gasteiger partial charge in [0.05, 0.1) is 0 Å². The second kappa shape index (κ2) is 5.76. The molecule has 0 spiro atoms. The van der Waals surface area contributed by atoms with Crippen molar-refractivity contribution in [3.63, 3.8) is 0 Å². The van der Waals surface area contributed by atoms with Gasteiger partial charge in [-0.05, 0) is 45.1 Å². The molecule has 112 valence electrons. The van der Waals surface area contributed by atoms with E-state index in [1.807, 2.05) is 0 Å². The number of hydrogen-bond acceptors (Lipinski definition) is 4. The fourth-order valence-electron chi connectivity index (χ4n) is 1.81. The van der Waals surface area contributed by atoms with E-state index in [-0.39, 0.29) is 18.1 Å². The summed E-state index contributed by atoms with van der Waals surface area (Å²) in [5.74, 6) is -0.971. The normalized spacial score (nSPS) is 10.6. The molecule has 2 aromatic carbocycles. The van der Waals surface area contributed by atoms with Crippen LogP contribution in [0.1, 0.15) is 5.56 Å². The Morgan fingerprint density at radius 1 is 1.00 bits per heavy atom. The van der Waals surface area contributed by atoms with E-state index < -0.39 is 11.5 Å². The van der Waals surface area contributed by atoms with Crippen molar-refractivity contribution in [3.8, 4) is 5.69 Å². The average molecular weight is 304 g/mol. The third-order valence-electron chi connectivity index (χ3n) is 2.90. The second-order valence-electron chi connectivity index (χ2n) is 4.40. The molecule has 1 aromatic heterocycles. The smallest absolute Gasteiger partial charge is 0.386 e. The van der Waals surface area contributed by atoms with Gasteiger partial charge >= 0.3 is 5.69 Å². The summed E-state index contributed by atoms with van der Waals surface area (Å²) in [6.45, 7) is -0.00382. The maximum absolute atomic E-state index is 13.6. The zero-order chi connectivity index (χ0) is 15.5. The Balaban J connectivity index is 1.81. The Bertz CT molecular complexity index is 843. The van der Waals surface area contributed by atoms with Gasteiger partial charge in [-0.2, -0.15) is 4.68 Å². The lowest BCUT2D eigenvalue weighted by atomic mass is 10.2. The molecule has 6 nitrogen and oxygen atoms in total. The summed E-state index contributed by atoms with van der Waals surface area (Å²) < 4.78 is 27.2. The Morgan fingerprint density at radius 2 is 1.73 bits per heavy atom. The number of rotatable bonds is 4. The van der Waals surface area contributed by atoms with E-state index in [0.29, 0.717) is 10.4 Å². The molecule has 0 amide bonds. The average Bonchev–Trinajstić information content (AvgIpc) is 2.88. The SMILES string of the molecule is O=c1n(OCc2ccc(F)cc2)nnn1-c1ccccc1F. The van der Waals surface area contributed by atoms with Crippen LogP contribution in [0, 0.1) is 11.6 Å². The largest absolute Gasteiger partial charge is 0.402 e. The van der Waals surface area contributed by atoms with Crippen LogP contribution in [0.25, 0.3) is 5.69 Å². The van der Waals surface area contributed by atoms with Crippen LogP contribution in [0.4, 0.5) is 8.78 Å². The van der Waals surface area contributed by atoms with Crippen molar-refractivity contribution in [2.45, 2.75) is 6.61 Å². The van der Waals surface area contributed by atoms with Gasteiger partial charge in [-0.1, -0.05) is 24.3 Å². The fourth-order valence-corrected chi connectivity index (χ4v) is 1.81. The maximum Gasteiger partial charge on any atom is 0.402 e. The third kappa shape index (κ3) is 2.71. The van der Waals surface area contributed by atoms with Crippen LogP contribution < -0.4 is 10.5 Å². The first-order chi connectivity index (χ1) is 10.6. The molecule has 0 atom stereocenters. The highest BCUT2D eigenvalue weighted by Crippen LogP contribution is 2.08. The summed E-state index contributed by atoms with van der Waals surface area (Å²) in [5.41, 5.74) is -0.120. The molecule has 22 heavy (non-hydrogen) atoms. The fraction of sp³-hybridized carbons (Fsp3) is 0.0714. The summed E-state index contributed by atoms with van der Waals surface area (Å²) >= 11 is 0. The van der Waals surface area contributed by atoms with Crippen molar-refractivity contribution < 1.29 is 13.6 Å². The number of para-hydroxylation sites is 1. The molecule has 3 rings (SSSR count). The first-order valence-electron chi connectivity index (χ1n) is 6.33. The van der Waals surface area contributed by atoms with Crippen LogP contribution in [0.15, 0.2) is 53.3 Å².